The van der Waals surface area contributed by atoms with E-state index in [4.69, 9.17) is 5.26 Å². The molecule has 2 rings (SSSR count). The molecule has 3 heteroatoms. The molecule has 0 aliphatic heterocycles. The molecule has 1 heterocycles. The van der Waals surface area contributed by atoms with Gasteiger partial charge in [-0.2, -0.15) is 10.4 Å². The highest BCUT2D eigenvalue weighted by Crippen LogP contribution is 2.32. The van der Waals surface area contributed by atoms with Crippen LogP contribution in [0.2, 0.25) is 0 Å². The molecule has 0 amide bonds. The van der Waals surface area contributed by atoms with Crippen LogP contribution in [0.1, 0.15) is 44.2 Å². The number of hydrogen-bond donors (Lipinski definition) is 0. The van der Waals surface area contributed by atoms with Gasteiger partial charge in [0.1, 0.15) is 6.07 Å². The van der Waals surface area contributed by atoms with Crippen molar-refractivity contribution in [2.24, 2.45) is 5.92 Å². The SMILES string of the molecule is CC1CCCCC1n1cc(C#N)cn1. The Kier molecular flexibility index (Phi) is 2.53. The van der Waals surface area contributed by atoms with Gasteiger partial charge in [0.15, 0.2) is 0 Å². The van der Waals surface area contributed by atoms with Gasteiger partial charge in [-0.25, -0.2) is 0 Å². The molecule has 1 saturated carbocycles. The van der Waals surface area contributed by atoms with Gasteiger partial charge in [-0.1, -0.05) is 19.8 Å². The van der Waals surface area contributed by atoms with Crippen molar-refractivity contribution >= 4 is 0 Å². The van der Waals surface area contributed by atoms with Crippen LogP contribution in [0, 0.1) is 17.2 Å². The molecule has 1 fully saturated rings. The monoisotopic (exact) mass is 189 g/mol. The lowest BCUT2D eigenvalue weighted by Crippen LogP contribution is -2.21. The molecule has 2 unspecified atom stereocenters. The van der Waals surface area contributed by atoms with E-state index in [2.05, 4.69) is 18.1 Å². The van der Waals surface area contributed by atoms with Crippen LogP contribution < -0.4 is 0 Å². The average molecular weight is 189 g/mol. The van der Waals surface area contributed by atoms with E-state index in [0.717, 1.165) is 0 Å². The predicted molar refractivity (Wildman–Crippen MR) is 53.6 cm³/mol. The molecule has 0 radical (unpaired) electrons. The summed E-state index contributed by atoms with van der Waals surface area (Å²) in [5.74, 6) is 0.690. The lowest BCUT2D eigenvalue weighted by Gasteiger charge is -2.28. The first kappa shape index (κ1) is 9.26. The number of rotatable bonds is 1. The number of aromatic nitrogens is 2. The minimum Gasteiger partial charge on any atom is -0.268 e. The fourth-order valence-corrected chi connectivity index (χ4v) is 2.27. The molecule has 1 aromatic rings. The van der Waals surface area contributed by atoms with Crippen LogP contribution in [0.4, 0.5) is 0 Å². The van der Waals surface area contributed by atoms with Crippen molar-refractivity contribution in [2.45, 2.75) is 38.6 Å². The van der Waals surface area contributed by atoms with E-state index in [1.54, 1.807) is 6.20 Å². The van der Waals surface area contributed by atoms with Gasteiger partial charge in [-0.05, 0) is 18.8 Å². The molecular weight excluding hydrogens is 174 g/mol. The summed E-state index contributed by atoms with van der Waals surface area (Å²) >= 11 is 0. The third-order valence-corrected chi connectivity index (χ3v) is 3.14. The molecule has 2 atom stereocenters. The van der Waals surface area contributed by atoms with Gasteiger partial charge < -0.3 is 0 Å². The summed E-state index contributed by atoms with van der Waals surface area (Å²) in [6, 6.07) is 2.62. The molecule has 0 bridgehead atoms. The zero-order valence-electron chi connectivity index (χ0n) is 8.48. The molecule has 0 aromatic carbocycles. The summed E-state index contributed by atoms with van der Waals surface area (Å²) in [5, 5.41) is 13.0. The number of hydrogen-bond acceptors (Lipinski definition) is 2. The Morgan fingerprint density at radius 3 is 2.93 bits per heavy atom. The topological polar surface area (TPSA) is 41.6 Å². The fraction of sp³-hybridized carbons (Fsp3) is 0.636. The zero-order valence-corrected chi connectivity index (χ0v) is 8.48. The van der Waals surface area contributed by atoms with Gasteiger partial charge >= 0.3 is 0 Å². The standard InChI is InChI=1S/C11H15N3/c1-9-4-2-3-5-11(9)14-8-10(6-12)7-13-14/h7-9,11H,2-5H2,1H3. The third-order valence-electron chi connectivity index (χ3n) is 3.14. The molecule has 74 valence electrons. The van der Waals surface area contributed by atoms with Crippen LogP contribution in [-0.4, -0.2) is 9.78 Å². The van der Waals surface area contributed by atoms with Crippen LogP contribution in [0.15, 0.2) is 12.4 Å². The van der Waals surface area contributed by atoms with Crippen molar-refractivity contribution in [3.8, 4) is 6.07 Å². The second kappa shape index (κ2) is 3.83. The van der Waals surface area contributed by atoms with E-state index < -0.39 is 0 Å². The Bertz CT molecular complexity index is 348. The quantitative estimate of drug-likeness (QED) is 0.681. The van der Waals surface area contributed by atoms with Crippen molar-refractivity contribution in [1.82, 2.24) is 9.78 Å². The van der Waals surface area contributed by atoms with Crippen LogP contribution in [0.25, 0.3) is 0 Å². The first-order valence-corrected chi connectivity index (χ1v) is 5.25. The summed E-state index contributed by atoms with van der Waals surface area (Å²) in [4.78, 5) is 0. The summed E-state index contributed by atoms with van der Waals surface area (Å²) in [5.41, 5.74) is 0.669. The third kappa shape index (κ3) is 1.65. The van der Waals surface area contributed by atoms with Gasteiger partial charge in [0.05, 0.1) is 17.8 Å². The highest BCUT2D eigenvalue weighted by atomic mass is 15.3. The molecule has 14 heavy (non-hydrogen) atoms. The Morgan fingerprint density at radius 2 is 2.29 bits per heavy atom. The Labute approximate surface area is 84.3 Å². The minimum atomic E-state index is 0.505. The predicted octanol–water partition coefficient (Wildman–Crippen LogP) is 2.51. The first-order chi connectivity index (χ1) is 6.81. The van der Waals surface area contributed by atoms with E-state index in [0.29, 0.717) is 17.5 Å². The van der Waals surface area contributed by atoms with Crippen LogP contribution in [0.3, 0.4) is 0 Å². The van der Waals surface area contributed by atoms with Crippen molar-refractivity contribution in [1.29, 1.82) is 5.26 Å². The fourth-order valence-electron chi connectivity index (χ4n) is 2.27. The minimum absolute atomic E-state index is 0.505. The number of nitrogens with zero attached hydrogens (tertiary/aromatic N) is 3. The van der Waals surface area contributed by atoms with E-state index in [1.165, 1.54) is 25.7 Å². The van der Waals surface area contributed by atoms with Crippen LogP contribution in [-0.2, 0) is 0 Å². The van der Waals surface area contributed by atoms with E-state index in [1.807, 2.05) is 10.9 Å². The molecule has 3 nitrogen and oxygen atoms in total. The lowest BCUT2D eigenvalue weighted by atomic mass is 9.86. The summed E-state index contributed by atoms with van der Waals surface area (Å²) < 4.78 is 1.97. The molecule has 1 aromatic heterocycles. The summed E-state index contributed by atoms with van der Waals surface area (Å²) in [7, 11) is 0. The lowest BCUT2D eigenvalue weighted by molar-refractivity contribution is 0.240. The van der Waals surface area contributed by atoms with Crippen LogP contribution in [0.5, 0.6) is 0 Å². The Hall–Kier alpha value is -1.30. The maximum Gasteiger partial charge on any atom is 0.102 e. The molecule has 1 aliphatic rings. The zero-order chi connectivity index (χ0) is 9.97. The summed E-state index contributed by atoms with van der Waals surface area (Å²) in [6.45, 7) is 2.28. The van der Waals surface area contributed by atoms with E-state index in [-0.39, 0.29) is 0 Å². The molecule has 0 spiro atoms. The van der Waals surface area contributed by atoms with Crippen molar-refractivity contribution in [3.05, 3.63) is 18.0 Å². The average Bonchev–Trinajstić information content (AvgIpc) is 2.67. The smallest absolute Gasteiger partial charge is 0.102 e. The second-order valence-electron chi connectivity index (χ2n) is 4.15. The summed E-state index contributed by atoms with van der Waals surface area (Å²) in [6.07, 6.45) is 8.63. The second-order valence-corrected chi connectivity index (χ2v) is 4.15. The van der Waals surface area contributed by atoms with Gasteiger partial charge in [0.2, 0.25) is 0 Å². The van der Waals surface area contributed by atoms with Crippen molar-refractivity contribution < 1.29 is 0 Å². The molecular formula is C11H15N3. The molecule has 0 saturated heterocycles. The highest BCUT2D eigenvalue weighted by Gasteiger charge is 2.23. The van der Waals surface area contributed by atoms with E-state index >= 15 is 0 Å². The van der Waals surface area contributed by atoms with E-state index in [9.17, 15) is 0 Å². The first-order valence-electron chi connectivity index (χ1n) is 5.25. The van der Waals surface area contributed by atoms with Crippen molar-refractivity contribution in [2.75, 3.05) is 0 Å². The van der Waals surface area contributed by atoms with Gasteiger partial charge in [0.25, 0.3) is 0 Å². The largest absolute Gasteiger partial charge is 0.268 e. The Morgan fingerprint density at radius 1 is 1.50 bits per heavy atom. The molecule has 0 N–H and O–H groups in total. The van der Waals surface area contributed by atoms with Crippen LogP contribution >= 0.6 is 0 Å². The van der Waals surface area contributed by atoms with Crippen molar-refractivity contribution in [3.63, 3.8) is 0 Å². The van der Waals surface area contributed by atoms with Gasteiger partial charge in [0, 0.05) is 6.20 Å². The van der Waals surface area contributed by atoms with Gasteiger partial charge in [-0.15, -0.1) is 0 Å². The normalized spacial score (nSPS) is 27.1. The molecule has 1 aliphatic carbocycles. The Balaban J connectivity index is 2.17. The highest BCUT2D eigenvalue weighted by molar-refractivity contribution is 5.21. The number of nitriles is 1. The maximum absolute atomic E-state index is 8.71. The maximum atomic E-state index is 8.71. The van der Waals surface area contributed by atoms with Gasteiger partial charge in [-0.3, -0.25) is 4.68 Å².